The van der Waals surface area contributed by atoms with E-state index in [4.69, 9.17) is 4.74 Å². The molecule has 100 valence electrons. The highest BCUT2D eigenvalue weighted by atomic mass is 16.5. The van der Waals surface area contributed by atoms with Crippen LogP contribution in [0.1, 0.15) is 31.7 Å². The van der Waals surface area contributed by atoms with E-state index in [2.05, 4.69) is 17.3 Å². The van der Waals surface area contributed by atoms with Crippen LogP contribution in [0.3, 0.4) is 0 Å². The smallest absolute Gasteiger partial charge is 0.310 e. The SMILES string of the molecule is CCCn1cc(C2CNCC2C(=O)OCC)cn1. The number of esters is 1. The Morgan fingerprint density at radius 3 is 3.11 bits per heavy atom. The molecule has 18 heavy (non-hydrogen) atoms. The summed E-state index contributed by atoms with van der Waals surface area (Å²) in [6, 6.07) is 0. The molecule has 1 aliphatic heterocycles. The van der Waals surface area contributed by atoms with Crippen LogP contribution in [0.5, 0.6) is 0 Å². The van der Waals surface area contributed by atoms with Crippen LogP contribution in [-0.2, 0) is 16.1 Å². The first-order valence-corrected chi connectivity index (χ1v) is 6.66. The zero-order chi connectivity index (χ0) is 13.0. The van der Waals surface area contributed by atoms with Gasteiger partial charge >= 0.3 is 5.97 Å². The second-order valence-corrected chi connectivity index (χ2v) is 4.66. The quantitative estimate of drug-likeness (QED) is 0.798. The second kappa shape index (κ2) is 6.00. The average molecular weight is 251 g/mol. The molecule has 0 aromatic carbocycles. The van der Waals surface area contributed by atoms with Crippen molar-refractivity contribution in [2.75, 3.05) is 19.7 Å². The van der Waals surface area contributed by atoms with Crippen LogP contribution in [0.2, 0.25) is 0 Å². The molecule has 1 N–H and O–H groups in total. The van der Waals surface area contributed by atoms with Crippen molar-refractivity contribution in [2.45, 2.75) is 32.7 Å². The number of rotatable bonds is 5. The minimum absolute atomic E-state index is 0.0794. The molecule has 0 aliphatic carbocycles. The van der Waals surface area contributed by atoms with Gasteiger partial charge in [0.25, 0.3) is 0 Å². The van der Waals surface area contributed by atoms with Crippen molar-refractivity contribution < 1.29 is 9.53 Å². The van der Waals surface area contributed by atoms with Crippen LogP contribution in [0.25, 0.3) is 0 Å². The maximum atomic E-state index is 11.9. The van der Waals surface area contributed by atoms with Crippen LogP contribution in [-0.4, -0.2) is 35.4 Å². The van der Waals surface area contributed by atoms with Gasteiger partial charge in [-0.15, -0.1) is 0 Å². The topological polar surface area (TPSA) is 56.2 Å². The molecular formula is C13H21N3O2. The van der Waals surface area contributed by atoms with Crippen molar-refractivity contribution >= 4 is 5.97 Å². The van der Waals surface area contributed by atoms with Gasteiger partial charge in [-0.1, -0.05) is 6.92 Å². The van der Waals surface area contributed by atoms with E-state index in [0.717, 1.165) is 25.1 Å². The third-order valence-corrected chi connectivity index (χ3v) is 3.34. The van der Waals surface area contributed by atoms with Crippen LogP contribution in [0, 0.1) is 5.92 Å². The van der Waals surface area contributed by atoms with Crippen molar-refractivity contribution in [3.63, 3.8) is 0 Å². The van der Waals surface area contributed by atoms with Gasteiger partial charge in [0.1, 0.15) is 0 Å². The molecule has 1 aliphatic rings. The summed E-state index contributed by atoms with van der Waals surface area (Å²) in [5.74, 6) is 0.00891. The van der Waals surface area contributed by atoms with Gasteiger partial charge < -0.3 is 10.1 Å². The van der Waals surface area contributed by atoms with Gasteiger partial charge in [0.15, 0.2) is 0 Å². The predicted molar refractivity (Wildman–Crippen MR) is 68.3 cm³/mol. The molecule has 2 unspecified atom stereocenters. The standard InChI is InChI=1S/C13H21N3O2/c1-3-5-16-9-10(6-15-16)11-7-14-8-12(11)13(17)18-4-2/h6,9,11-12,14H,3-5,7-8H2,1-2H3. The molecule has 0 saturated carbocycles. The number of carbonyl (C=O) groups excluding carboxylic acids is 1. The molecule has 2 atom stereocenters. The molecule has 5 heteroatoms. The lowest BCUT2D eigenvalue weighted by molar-refractivity contribution is -0.147. The Morgan fingerprint density at radius 2 is 2.39 bits per heavy atom. The Kier molecular flexibility index (Phi) is 4.36. The van der Waals surface area contributed by atoms with Gasteiger partial charge in [-0.3, -0.25) is 9.48 Å². The van der Waals surface area contributed by atoms with E-state index in [-0.39, 0.29) is 17.8 Å². The fraction of sp³-hybridized carbons (Fsp3) is 0.692. The fourth-order valence-electron chi connectivity index (χ4n) is 2.45. The Balaban J connectivity index is 2.07. The Morgan fingerprint density at radius 1 is 1.56 bits per heavy atom. The van der Waals surface area contributed by atoms with Gasteiger partial charge in [-0.25, -0.2) is 0 Å². The lowest BCUT2D eigenvalue weighted by Gasteiger charge is -2.15. The highest BCUT2D eigenvalue weighted by Gasteiger charge is 2.35. The van der Waals surface area contributed by atoms with Crippen LogP contribution in [0.4, 0.5) is 0 Å². The lowest BCUT2D eigenvalue weighted by atomic mass is 9.91. The summed E-state index contributed by atoms with van der Waals surface area (Å²) in [4.78, 5) is 11.9. The molecule has 0 radical (unpaired) electrons. The van der Waals surface area contributed by atoms with E-state index in [0.29, 0.717) is 13.2 Å². The minimum atomic E-state index is -0.101. The van der Waals surface area contributed by atoms with Gasteiger partial charge in [0.2, 0.25) is 0 Å². The first kappa shape index (κ1) is 13.1. The van der Waals surface area contributed by atoms with E-state index < -0.39 is 0 Å². The zero-order valence-electron chi connectivity index (χ0n) is 11.1. The molecule has 5 nitrogen and oxygen atoms in total. The van der Waals surface area contributed by atoms with Crippen LogP contribution >= 0.6 is 0 Å². The van der Waals surface area contributed by atoms with Crippen LogP contribution in [0.15, 0.2) is 12.4 Å². The van der Waals surface area contributed by atoms with E-state index >= 15 is 0 Å². The molecule has 0 bridgehead atoms. The largest absolute Gasteiger partial charge is 0.466 e. The van der Waals surface area contributed by atoms with Crippen LogP contribution < -0.4 is 5.32 Å². The molecule has 1 fully saturated rings. The van der Waals surface area contributed by atoms with Crippen molar-refractivity contribution in [3.05, 3.63) is 18.0 Å². The summed E-state index contributed by atoms with van der Waals surface area (Å²) in [6.45, 7) is 6.85. The van der Waals surface area contributed by atoms with Crippen molar-refractivity contribution in [2.24, 2.45) is 5.92 Å². The van der Waals surface area contributed by atoms with Crippen molar-refractivity contribution in [3.8, 4) is 0 Å². The number of nitrogens with one attached hydrogen (secondary N) is 1. The monoisotopic (exact) mass is 251 g/mol. The third-order valence-electron chi connectivity index (χ3n) is 3.34. The Hall–Kier alpha value is -1.36. The predicted octanol–water partition coefficient (Wildman–Crippen LogP) is 1.16. The molecular weight excluding hydrogens is 230 g/mol. The summed E-state index contributed by atoms with van der Waals surface area (Å²) in [6.07, 6.45) is 4.98. The summed E-state index contributed by atoms with van der Waals surface area (Å²) < 4.78 is 7.07. The normalized spacial score (nSPS) is 23.2. The summed E-state index contributed by atoms with van der Waals surface area (Å²) in [5, 5.41) is 7.59. The molecule has 2 heterocycles. The molecule has 1 aromatic heterocycles. The van der Waals surface area contributed by atoms with E-state index in [9.17, 15) is 4.79 Å². The number of nitrogens with zero attached hydrogens (tertiary/aromatic N) is 2. The first-order chi connectivity index (χ1) is 8.76. The maximum absolute atomic E-state index is 11.9. The Labute approximate surface area is 108 Å². The molecule has 1 aromatic rings. The van der Waals surface area contributed by atoms with Crippen molar-refractivity contribution in [1.82, 2.24) is 15.1 Å². The second-order valence-electron chi connectivity index (χ2n) is 4.66. The Bertz CT molecular complexity index is 403. The maximum Gasteiger partial charge on any atom is 0.310 e. The molecule has 1 saturated heterocycles. The van der Waals surface area contributed by atoms with E-state index in [1.54, 1.807) is 0 Å². The molecule has 0 amide bonds. The first-order valence-electron chi connectivity index (χ1n) is 6.66. The number of carbonyl (C=O) groups is 1. The summed E-state index contributed by atoms with van der Waals surface area (Å²) in [7, 11) is 0. The number of hydrogen-bond acceptors (Lipinski definition) is 4. The highest BCUT2D eigenvalue weighted by molar-refractivity contribution is 5.74. The summed E-state index contributed by atoms with van der Waals surface area (Å²) in [5.41, 5.74) is 1.13. The van der Waals surface area contributed by atoms with Gasteiger partial charge in [0.05, 0.1) is 18.7 Å². The highest BCUT2D eigenvalue weighted by Crippen LogP contribution is 2.28. The number of hydrogen-bond donors (Lipinski definition) is 1. The minimum Gasteiger partial charge on any atom is -0.466 e. The lowest BCUT2D eigenvalue weighted by Crippen LogP contribution is -2.23. The van der Waals surface area contributed by atoms with Gasteiger partial charge in [-0.2, -0.15) is 5.10 Å². The number of aryl methyl sites for hydroxylation is 1. The average Bonchev–Trinajstić information content (AvgIpc) is 2.96. The fourth-order valence-corrected chi connectivity index (χ4v) is 2.45. The van der Waals surface area contributed by atoms with E-state index in [1.165, 1.54) is 0 Å². The van der Waals surface area contributed by atoms with E-state index in [1.807, 2.05) is 24.0 Å². The third kappa shape index (κ3) is 2.72. The zero-order valence-corrected chi connectivity index (χ0v) is 11.1. The van der Waals surface area contributed by atoms with Crippen molar-refractivity contribution in [1.29, 1.82) is 0 Å². The number of ether oxygens (including phenoxy) is 1. The molecule has 2 rings (SSSR count). The van der Waals surface area contributed by atoms with Gasteiger partial charge in [0, 0.05) is 31.7 Å². The number of aromatic nitrogens is 2. The summed E-state index contributed by atoms with van der Waals surface area (Å²) >= 11 is 0. The van der Waals surface area contributed by atoms with Gasteiger partial charge in [-0.05, 0) is 18.9 Å². The molecule has 0 spiro atoms.